The summed E-state index contributed by atoms with van der Waals surface area (Å²) in [7, 11) is 0. The van der Waals surface area contributed by atoms with Crippen LogP contribution < -0.4 is 0 Å². The van der Waals surface area contributed by atoms with E-state index in [1.54, 1.807) is 0 Å². The maximum Gasteiger partial charge on any atom is 0.407 e. The normalized spacial score (nSPS) is 17.8. The first-order valence-electron chi connectivity index (χ1n) is 5.31. The lowest BCUT2D eigenvalue weighted by atomic mass is 9.98. The van der Waals surface area contributed by atoms with Gasteiger partial charge in [-0.25, -0.2) is 9.78 Å². The molecule has 0 atom stereocenters. The largest absolute Gasteiger partial charge is 0.465 e. The van der Waals surface area contributed by atoms with Crippen LogP contribution in [0.5, 0.6) is 0 Å². The number of hydrogen-bond acceptors (Lipinski definition) is 5. The first-order chi connectivity index (χ1) is 8.20. The van der Waals surface area contributed by atoms with Crippen LogP contribution >= 0.6 is 11.3 Å². The number of amides is 1. The molecule has 7 heteroatoms. The Morgan fingerprint density at radius 3 is 2.88 bits per heavy atom. The third-order valence-electron chi connectivity index (χ3n) is 2.84. The second kappa shape index (κ2) is 5.13. The summed E-state index contributed by atoms with van der Waals surface area (Å²) in [6.07, 6.45) is 2.05. The molecule has 1 fully saturated rings. The van der Waals surface area contributed by atoms with Gasteiger partial charge in [0.2, 0.25) is 0 Å². The van der Waals surface area contributed by atoms with Crippen molar-refractivity contribution in [1.82, 2.24) is 9.88 Å². The van der Waals surface area contributed by atoms with E-state index in [1.807, 2.05) is 5.38 Å². The fourth-order valence-corrected chi connectivity index (χ4v) is 2.87. The van der Waals surface area contributed by atoms with Gasteiger partial charge >= 0.3 is 6.09 Å². The Morgan fingerprint density at radius 1 is 1.59 bits per heavy atom. The molecule has 0 aliphatic carbocycles. The van der Waals surface area contributed by atoms with Gasteiger partial charge in [0.1, 0.15) is 0 Å². The van der Waals surface area contributed by atoms with Crippen LogP contribution in [-0.2, 0) is 0 Å². The van der Waals surface area contributed by atoms with Gasteiger partial charge in [-0.05, 0) is 12.8 Å². The third-order valence-corrected chi connectivity index (χ3v) is 3.87. The number of oxime groups is 1. The Morgan fingerprint density at radius 2 is 2.29 bits per heavy atom. The summed E-state index contributed by atoms with van der Waals surface area (Å²) < 4.78 is 0. The summed E-state index contributed by atoms with van der Waals surface area (Å²) >= 11 is 1.53. The van der Waals surface area contributed by atoms with E-state index in [0.29, 0.717) is 24.7 Å². The summed E-state index contributed by atoms with van der Waals surface area (Å²) in [5.41, 5.74) is 0.646. The molecular weight excluding hydrogens is 242 g/mol. The molecule has 0 radical (unpaired) electrons. The van der Waals surface area contributed by atoms with Crippen LogP contribution in [0.1, 0.15) is 29.5 Å². The molecule has 1 aliphatic heterocycles. The number of carboxylic acid groups (broad SMARTS) is 1. The van der Waals surface area contributed by atoms with Gasteiger partial charge in [-0.3, -0.25) is 0 Å². The highest BCUT2D eigenvalue weighted by molar-refractivity contribution is 7.09. The average Bonchev–Trinajstić information content (AvgIpc) is 2.78. The van der Waals surface area contributed by atoms with Crippen molar-refractivity contribution in [3.05, 3.63) is 16.1 Å². The maximum absolute atomic E-state index is 10.8. The summed E-state index contributed by atoms with van der Waals surface area (Å²) in [4.78, 5) is 16.5. The Balaban J connectivity index is 1.97. The van der Waals surface area contributed by atoms with Crippen molar-refractivity contribution in [2.24, 2.45) is 5.16 Å². The van der Waals surface area contributed by atoms with E-state index in [2.05, 4.69) is 10.1 Å². The SMILES string of the molecule is O=C(O)N1CCC(c2nc(/C=N\O)cs2)CC1. The molecule has 6 nitrogen and oxygen atoms in total. The van der Waals surface area contributed by atoms with Crippen LogP contribution in [0.4, 0.5) is 4.79 Å². The maximum atomic E-state index is 10.8. The molecule has 0 aromatic carbocycles. The summed E-state index contributed by atoms with van der Waals surface area (Å²) in [5, 5.41) is 23.0. The van der Waals surface area contributed by atoms with Crippen molar-refractivity contribution >= 4 is 23.6 Å². The van der Waals surface area contributed by atoms with Crippen LogP contribution in [-0.4, -0.2) is 45.6 Å². The average molecular weight is 255 g/mol. The Hall–Kier alpha value is -1.63. The van der Waals surface area contributed by atoms with Gasteiger partial charge in [-0.2, -0.15) is 0 Å². The van der Waals surface area contributed by atoms with E-state index >= 15 is 0 Å². The first-order valence-corrected chi connectivity index (χ1v) is 6.19. The molecule has 1 aliphatic rings. The molecule has 17 heavy (non-hydrogen) atoms. The summed E-state index contributed by atoms with van der Waals surface area (Å²) in [5.74, 6) is 0.316. The minimum absolute atomic E-state index is 0.316. The molecular formula is C10H13N3O3S. The van der Waals surface area contributed by atoms with Crippen LogP contribution in [0.2, 0.25) is 0 Å². The molecule has 2 N–H and O–H groups in total. The zero-order valence-corrected chi connectivity index (χ0v) is 9.93. The zero-order chi connectivity index (χ0) is 12.3. The van der Waals surface area contributed by atoms with E-state index in [9.17, 15) is 4.79 Å². The molecule has 1 saturated heterocycles. The van der Waals surface area contributed by atoms with Crippen molar-refractivity contribution in [2.75, 3.05) is 13.1 Å². The highest BCUT2D eigenvalue weighted by atomic mass is 32.1. The molecule has 0 saturated carbocycles. The van der Waals surface area contributed by atoms with Gasteiger partial charge in [0.15, 0.2) is 0 Å². The number of likely N-dealkylation sites (tertiary alicyclic amines) is 1. The predicted octanol–water partition coefficient (Wildman–Crippen LogP) is 1.81. The molecule has 0 bridgehead atoms. The number of carbonyl (C=O) groups is 1. The number of aromatic nitrogens is 1. The molecule has 2 rings (SSSR count). The van der Waals surface area contributed by atoms with Gasteiger partial charge in [0, 0.05) is 24.4 Å². The highest BCUT2D eigenvalue weighted by Gasteiger charge is 2.25. The van der Waals surface area contributed by atoms with E-state index < -0.39 is 6.09 Å². The number of nitrogens with zero attached hydrogens (tertiary/aromatic N) is 3. The topological polar surface area (TPSA) is 86.0 Å². The van der Waals surface area contributed by atoms with E-state index in [1.165, 1.54) is 22.5 Å². The second-order valence-corrected chi connectivity index (χ2v) is 4.79. The standard InChI is InChI=1S/C10H13N3O3S/c14-10(15)13-3-1-7(2-4-13)9-12-8(5-11-16)6-17-9/h5-7,16H,1-4H2,(H,14,15)/b11-5-. The lowest BCUT2D eigenvalue weighted by Gasteiger charge is -2.28. The van der Waals surface area contributed by atoms with Crippen LogP contribution in [0.15, 0.2) is 10.5 Å². The van der Waals surface area contributed by atoms with Gasteiger partial charge in [0.05, 0.1) is 16.9 Å². The Kier molecular flexibility index (Phi) is 3.58. The first kappa shape index (κ1) is 11.8. The quantitative estimate of drug-likeness (QED) is 0.479. The summed E-state index contributed by atoms with van der Waals surface area (Å²) in [6, 6.07) is 0. The van der Waals surface area contributed by atoms with Crippen molar-refractivity contribution in [3.63, 3.8) is 0 Å². The van der Waals surface area contributed by atoms with Crippen molar-refractivity contribution in [3.8, 4) is 0 Å². The third kappa shape index (κ3) is 2.73. The van der Waals surface area contributed by atoms with E-state index in [0.717, 1.165) is 17.8 Å². The fourth-order valence-electron chi connectivity index (χ4n) is 1.92. The predicted molar refractivity (Wildman–Crippen MR) is 63.1 cm³/mol. The number of thiazole rings is 1. The molecule has 1 aromatic rings. The molecule has 0 spiro atoms. The van der Waals surface area contributed by atoms with Crippen LogP contribution in [0, 0.1) is 0 Å². The smallest absolute Gasteiger partial charge is 0.407 e. The van der Waals surface area contributed by atoms with E-state index in [4.69, 9.17) is 10.3 Å². The number of piperidine rings is 1. The van der Waals surface area contributed by atoms with Gasteiger partial charge in [-0.15, -0.1) is 11.3 Å². The van der Waals surface area contributed by atoms with Gasteiger partial charge in [-0.1, -0.05) is 5.16 Å². The van der Waals surface area contributed by atoms with Crippen molar-refractivity contribution in [2.45, 2.75) is 18.8 Å². The highest BCUT2D eigenvalue weighted by Crippen LogP contribution is 2.29. The monoisotopic (exact) mass is 255 g/mol. The molecule has 2 heterocycles. The summed E-state index contributed by atoms with van der Waals surface area (Å²) in [6.45, 7) is 1.12. The Labute approximate surface area is 102 Å². The fraction of sp³-hybridized carbons (Fsp3) is 0.500. The zero-order valence-electron chi connectivity index (χ0n) is 9.11. The molecule has 92 valence electrons. The number of hydrogen-bond donors (Lipinski definition) is 2. The second-order valence-electron chi connectivity index (χ2n) is 3.90. The minimum Gasteiger partial charge on any atom is -0.465 e. The van der Waals surface area contributed by atoms with Gasteiger partial charge < -0.3 is 15.2 Å². The Bertz CT molecular complexity index is 424. The molecule has 1 aromatic heterocycles. The molecule has 0 unspecified atom stereocenters. The number of rotatable bonds is 2. The van der Waals surface area contributed by atoms with Crippen molar-refractivity contribution in [1.29, 1.82) is 0 Å². The van der Waals surface area contributed by atoms with E-state index in [-0.39, 0.29) is 0 Å². The lowest BCUT2D eigenvalue weighted by molar-refractivity contribution is 0.132. The lowest BCUT2D eigenvalue weighted by Crippen LogP contribution is -2.36. The van der Waals surface area contributed by atoms with Crippen LogP contribution in [0.25, 0.3) is 0 Å². The minimum atomic E-state index is -0.851. The molecule has 1 amide bonds. The van der Waals surface area contributed by atoms with Crippen LogP contribution in [0.3, 0.4) is 0 Å². The van der Waals surface area contributed by atoms with Crippen molar-refractivity contribution < 1.29 is 15.1 Å². The van der Waals surface area contributed by atoms with Gasteiger partial charge in [0.25, 0.3) is 0 Å².